The number of rotatable bonds is 7. The molecule has 0 saturated carbocycles. The molecule has 10 heteroatoms. The Morgan fingerprint density at radius 3 is 2.18 bits per heavy atom. The molecule has 0 saturated heterocycles. The van der Waals surface area contributed by atoms with Crippen LogP contribution in [0.25, 0.3) is 0 Å². The number of halogens is 1. The third-order valence-electron chi connectivity index (χ3n) is 4.39. The van der Waals surface area contributed by atoms with E-state index in [0.29, 0.717) is 33.6 Å². The SMILES string of the molecule is O=C(Nc1ccc(Oc2ccc(Cl)cc2)nc1)c1ccc(S(=O)(=O)Nc2ccncc2)cc1. The summed E-state index contributed by atoms with van der Waals surface area (Å²) in [6.07, 6.45) is 4.42. The fourth-order valence-corrected chi connectivity index (χ4v) is 3.95. The molecule has 0 unspecified atom stereocenters. The zero-order chi connectivity index (χ0) is 23.3. The zero-order valence-electron chi connectivity index (χ0n) is 17.0. The molecular formula is C23H17ClN4O4S. The van der Waals surface area contributed by atoms with E-state index in [4.69, 9.17) is 16.3 Å². The van der Waals surface area contributed by atoms with Crippen molar-refractivity contribution in [3.05, 3.63) is 102 Å². The smallest absolute Gasteiger partial charge is 0.261 e. The lowest BCUT2D eigenvalue weighted by molar-refractivity contribution is 0.102. The largest absolute Gasteiger partial charge is 0.439 e. The number of pyridine rings is 2. The number of ether oxygens (including phenoxy) is 1. The summed E-state index contributed by atoms with van der Waals surface area (Å²) in [6, 6.07) is 18.8. The molecule has 0 atom stereocenters. The minimum atomic E-state index is -3.79. The van der Waals surface area contributed by atoms with Gasteiger partial charge in [-0.25, -0.2) is 13.4 Å². The Hall–Kier alpha value is -3.95. The Balaban J connectivity index is 1.38. The van der Waals surface area contributed by atoms with Gasteiger partial charge in [0.25, 0.3) is 15.9 Å². The van der Waals surface area contributed by atoms with E-state index in [2.05, 4.69) is 20.0 Å². The minimum absolute atomic E-state index is 0.0289. The molecule has 0 aliphatic heterocycles. The van der Waals surface area contributed by atoms with Crippen LogP contribution in [0.15, 0.2) is 96.3 Å². The van der Waals surface area contributed by atoms with E-state index in [9.17, 15) is 13.2 Å². The molecule has 0 spiro atoms. The average molecular weight is 481 g/mol. The van der Waals surface area contributed by atoms with Crippen LogP contribution in [-0.2, 0) is 10.0 Å². The summed E-state index contributed by atoms with van der Waals surface area (Å²) < 4.78 is 33.1. The second-order valence-electron chi connectivity index (χ2n) is 6.76. The zero-order valence-corrected chi connectivity index (χ0v) is 18.5. The molecule has 4 rings (SSSR count). The Morgan fingerprint density at radius 2 is 1.55 bits per heavy atom. The van der Waals surface area contributed by atoms with E-state index in [1.807, 2.05) is 0 Å². The summed E-state index contributed by atoms with van der Waals surface area (Å²) in [5, 5.41) is 3.31. The summed E-state index contributed by atoms with van der Waals surface area (Å²) in [5.74, 6) is 0.526. The Labute approximate surface area is 195 Å². The van der Waals surface area contributed by atoms with Gasteiger partial charge in [0.1, 0.15) is 5.75 Å². The highest BCUT2D eigenvalue weighted by atomic mass is 35.5. The lowest BCUT2D eigenvalue weighted by Crippen LogP contribution is -2.15. The molecule has 33 heavy (non-hydrogen) atoms. The molecular weight excluding hydrogens is 464 g/mol. The molecule has 0 fully saturated rings. The quantitative estimate of drug-likeness (QED) is 0.386. The number of nitrogens with zero attached hydrogens (tertiary/aromatic N) is 2. The normalized spacial score (nSPS) is 10.9. The summed E-state index contributed by atoms with van der Waals surface area (Å²) in [5.41, 5.74) is 1.14. The maximum atomic E-state index is 12.5. The van der Waals surface area contributed by atoms with Gasteiger partial charge in [-0.05, 0) is 66.7 Å². The van der Waals surface area contributed by atoms with Crippen LogP contribution in [-0.4, -0.2) is 24.3 Å². The molecule has 0 radical (unpaired) electrons. The molecule has 2 N–H and O–H groups in total. The third-order valence-corrected chi connectivity index (χ3v) is 6.04. The molecule has 8 nitrogen and oxygen atoms in total. The van der Waals surface area contributed by atoms with Crippen molar-refractivity contribution in [2.45, 2.75) is 4.90 Å². The van der Waals surface area contributed by atoms with Crippen LogP contribution >= 0.6 is 11.6 Å². The van der Waals surface area contributed by atoms with E-state index in [1.165, 1.54) is 42.9 Å². The first-order valence-corrected chi connectivity index (χ1v) is 11.5. The van der Waals surface area contributed by atoms with Gasteiger partial charge in [-0.15, -0.1) is 0 Å². The van der Waals surface area contributed by atoms with Crippen molar-refractivity contribution in [2.24, 2.45) is 0 Å². The van der Waals surface area contributed by atoms with Gasteiger partial charge in [-0.3, -0.25) is 14.5 Å². The molecule has 4 aromatic rings. The molecule has 2 aromatic carbocycles. The van der Waals surface area contributed by atoms with Crippen molar-refractivity contribution in [1.29, 1.82) is 0 Å². The van der Waals surface area contributed by atoms with Gasteiger partial charge >= 0.3 is 0 Å². The first-order chi connectivity index (χ1) is 15.9. The monoisotopic (exact) mass is 480 g/mol. The number of amides is 1. The summed E-state index contributed by atoms with van der Waals surface area (Å²) >= 11 is 5.85. The number of hydrogen-bond acceptors (Lipinski definition) is 6. The molecule has 2 aromatic heterocycles. The van der Waals surface area contributed by atoms with E-state index in [-0.39, 0.29) is 4.90 Å². The van der Waals surface area contributed by atoms with Crippen LogP contribution < -0.4 is 14.8 Å². The number of hydrogen-bond donors (Lipinski definition) is 2. The summed E-state index contributed by atoms with van der Waals surface area (Å²) in [4.78, 5) is 20.6. The number of carbonyl (C=O) groups is 1. The van der Waals surface area contributed by atoms with E-state index < -0.39 is 15.9 Å². The molecule has 0 bridgehead atoms. The van der Waals surface area contributed by atoms with Gasteiger partial charge in [0.05, 0.1) is 22.5 Å². The van der Waals surface area contributed by atoms with Crippen molar-refractivity contribution in [3.63, 3.8) is 0 Å². The number of aromatic nitrogens is 2. The minimum Gasteiger partial charge on any atom is -0.439 e. The van der Waals surface area contributed by atoms with Gasteiger partial charge in [-0.2, -0.15) is 0 Å². The maximum Gasteiger partial charge on any atom is 0.261 e. The third kappa shape index (κ3) is 5.85. The molecule has 0 aliphatic rings. The number of benzene rings is 2. The van der Waals surface area contributed by atoms with Crippen LogP contribution in [0.4, 0.5) is 11.4 Å². The standard InChI is InChI=1S/C23H17ClN4O4S/c24-17-3-6-20(7-4-17)32-22-10-5-19(15-26-22)27-23(29)16-1-8-21(9-2-16)33(30,31)28-18-11-13-25-14-12-18/h1-15H,(H,25,28)(H,27,29). The highest BCUT2D eigenvalue weighted by molar-refractivity contribution is 7.92. The first-order valence-electron chi connectivity index (χ1n) is 9.63. The fraction of sp³-hybridized carbons (Fsp3) is 0. The van der Waals surface area contributed by atoms with E-state index in [0.717, 1.165) is 0 Å². The van der Waals surface area contributed by atoms with Crippen LogP contribution in [0.5, 0.6) is 11.6 Å². The van der Waals surface area contributed by atoms with Crippen LogP contribution in [0.1, 0.15) is 10.4 Å². The number of anilines is 2. The average Bonchev–Trinajstić information content (AvgIpc) is 2.82. The van der Waals surface area contributed by atoms with Gasteiger partial charge in [0, 0.05) is 29.0 Å². The molecule has 0 aliphatic carbocycles. The van der Waals surface area contributed by atoms with Crippen molar-refractivity contribution in [2.75, 3.05) is 10.0 Å². The maximum absolute atomic E-state index is 12.5. The second-order valence-corrected chi connectivity index (χ2v) is 8.88. The Morgan fingerprint density at radius 1 is 0.848 bits per heavy atom. The van der Waals surface area contributed by atoms with E-state index >= 15 is 0 Å². The molecule has 2 heterocycles. The Bertz CT molecular complexity index is 1350. The van der Waals surface area contributed by atoms with Crippen molar-refractivity contribution < 1.29 is 17.9 Å². The van der Waals surface area contributed by atoms with Crippen molar-refractivity contribution in [1.82, 2.24) is 9.97 Å². The predicted octanol–water partition coefficient (Wildman–Crippen LogP) is 4.98. The van der Waals surface area contributed by atoms with Gasteiger partial charge in [-0.1, -0.05) is 11.6 Å². The summed E-state index contributed by atoms with van der Waals surface area (Å²) in [7, 11) is -3.79. The second kappa shape index (κ2) is 9.68. The van der Waals surface area contributed by atoms with Crippen molar-refractivity contribution >= 4 is 38.9 Å². The fourth-order valence-electron chi connectivity index (χ4n) is 2.76. The number of carbonyl (C=O) groups excluding carboxylic acids is 1. The van der Waals surface area contributed by atoms with Gasteiger partial charge < -0.3 is 10.1 Å². The molecule has 1 amide bonds. The lowest BCUT2D eigenvalue weighted by Gasteiger charge is -2.09. The Kier molecular flexibility index (Phi) is 6.53. The number of nitrogens with one attached hydrogen (secondary N) is 2. The topological polar surface area (TPSA) is 110 Å². The van der Waals surface area contributed by atoms with Crippen LogP contribution in [0.3, 0.4) is 0 Å². The van der Waals surface area contributed by atoms with Crippen molar-refractivity contribution in [3.8, 4) is 11.6 Å². The van der Waals surface area contributed by atoms with Gasteiger partial charge in [0.15, 0.2) is 0 Å². The van der Waals surface area contributed by atoms with E-state index in [1.54, 1.807) is 48.5 Å². The summed E-state index contributed by atoms with van der Waals surface area (Å²) in [6.45, 7) is 0. The highest BCUT2D eigenvalue weighted by Gasteiger charge is 2.15. The molecule has 166 valence electrons. The van der Waals surface area contributed by atoms with Crippen LogP contribution in [0.2, 0.25) is 5.02 Å². The predicted molar refractivity (Wildman–Crippen MR) is 125 cm³/mol. The highest BCUT2D eigenvalue weighted by Crippen LogP contribution is 2.23. The first kappa shape index (κ1) is 22.3. The van der Waals surface area contributed by atoms with Gasteiger partial charge in [0.2, 0.25) is 5.88 Å². The van der Waals surface area contributed by atoms with Crippen LogP contribution in [0, 0.1) is 0 Å². The lowest BCUT2D eigenvalue weighted by atomic mass is 10.2. The number of sulfonamides is 1.